The Labute approximate surface area is 147 Å². The fraction of sp³-hybridized carbons (Fsp3) is 0.412. The minimum absolute atomic E-state index is 0.0996. The number of nitrogens with zero attached hydrogens (tertiary/aromatic N) is 5. The number of hydrogen-bond acceptors (Lipinski definition) is 4. The first-order chi connectivity index (χ1) is 12.1. The summed E-state index contributed by atoms with van der Waals surface area (Å²) in [6, 6.07) is 1.87. The molecule has 0 radical (unpaired) electrons. The quantitative estimate of drug-likeness (QED) is 0.709. The fourth-order valence-electron chi connectivity index (χ4n) is 3.84. The maximum Gasteiger partial charge on any atom is 0.305 e. The number of carboxylic acid groups (broad SMARTS) is 1. The van der Waals surface area contributed by atoms with Gasteiger partial charge in [-0.2, -0.15) is 5.10 Å². The number of hydrogen-bond donors (Lipinski definition) is 1. The van der Waals surface area contributed by atoms with Crippen molar-refractivity contribution in [1.29, 1.82) is 0 Å². The molecule has 1 saturated carbocycles. The van der Waals surface area contributed by atoms with Crippen LogP contribution in [0.25, 0.3) is 22.3 Å². The molecule has 8 heteroatoms. The monoisotopic (exact) mass is 357 g/mol. The minimum atomic E-state index is -0.779. The first kappa shape index (κ1) is 16.2. The van der Waals surface area contributed by atoms with Gasteiger partial charge in [-0.25, -0.2) is 9.97 Å². The summed E-state index contributed by atoms with van der Waals surface area (Å²) in [6.07, 6.45) is 11.7. The standard InChI is InChI=1S/C17H20N5O2P/c23-15(24)7-14(11-3-1-2-4-11)21-9-12(8-20-21)16-13-5-6-22(25)17(13)19-10-18-16/h5-6,8-11,14H,1-4,7,25H2,(H,23,24). The van der Waals surface area contributed by atoms with Crippen LogP contribution in [0.1, 0.15) is 38.1 Å². The molecule has 0 amide bonds. The summed E-state index contributed by atoms with van der Waals surface area (Å²) in [5.74, 6) is -0.402. The predicted octanol–water partition coefficient (Wildman–Crippen LogP) is 3.14. The molecule has 1 N–H and O–H groups in total. The zero-order valence-corrected chi connectivity index (χ0v) is 14.9. The van der Waals surface area contributed by atoms with Crippen molar-refractivity contribution in [3.05, 3.63) is 31.0 Å². The van der Waals surface area contributed by atoms with Gasteiger partial charge >= 0.3 is 5.97 Å². The second-order valence-corrected chi connectivity index (χ2v) is 7.16. The Kier molecular flexibility index (Phi) is 4.25. The van der Waals surface area contributed by atoms with Crippen molar-refractivity contribution < 1.29 is 9.90 Å². The number of carboxylic acids is 1. The second-order valence-electron chi connectivity index (χ2n) is 6.60. The van der Waals surface area contributed by atoms with Gasteiger partial charge in [0.2, 0.25) is 0 Å². The Morgan fingerprint density at radius 1 is 1.36 bits per heavy atom. The molecule has 0 aromatic carbocycles. The van der Waals surface area contributed by atoms with E-state index in [1.807, 2.05) is 27.5 Å². The number of aromatic nitrogens is 5. The van der Waals surface area contributed by atoms with E-state index in [0.717, 1.165) is 35.1 Å². The van der Waals surface area contributed by atoms with Gasteiger partial charge in [-0.1, -0.05) is 12.8 Å². The van der Waals surface area contributed by atoms with Gasteiger partial charge in [0.15, 0.2) is 0 Å². The van der Waals surface area contributed by atoms with Gasteiger partial charge in [-0.05, 0) is 34.2 Å². The smallest absolute Gasteiger partial charge is 0.305 e. The van der Waals surface area contributed by atoms with Gasteiger partial charge in [-0.3, -0.25) is 9.48 Å². The summed E-state index contributed by atoms with van der Waals surface area (Å²) in [5, 5.41) is 14.7. The SMILES string of the molecule is O=C(O)CC(C1CCCC1)n1cc(-c2ncnc3c2ccn3P)cn1. The first-order valence-corrected chi connectivity index (χ1v) is 8.98. The second kappa shape index (κ2) is 6.56. The molecule has 0 bridgehead atoms. The maximum absolute atomic E-state index is 11.3. The molecule has 2 atom stereocenters. The third-order valence-corrected chi connectivity index (χ3v) is 5.47. The van der Waals surface area contributed by atoms with Crippen LogP contribution in [-0.2, 0) is 4.79 Å². The summed E-state index contributed by atoms with van der Waals surface area (Å²) in [6.45, 7) is 0. The Hall–Kier alpha value is -2.27. The van der Waals surface area contributed by atoms with Gasteiger partial charge in [0.25, 0.3) is 0 Å². The molecule has 3 heterocycles. The molecule has 4 rings (SSSR count). The van der Waals surface area contributed by atoms with Crippen LogP contribution in [0.15, 0.2) is 31.0 Å². The van der Waals surface area contributed by atoms with Crippen LogP contribution in [0.3, 0.4) is 0 Å². The molecule has 3 aromatic rings. The third-order valence-electron chi connectivity index (χ3n) is 5.05. The largest absolute Gasteiger partial charge is 0.481 e. The van der Waals surface area contributed by atoms with Crippen molar-refractivity contribution in [2.24, 2.45) is 5.92 Å². The van der Waals surface area contributed by atoms with Gasteiger partial charge in [0.05, 0.1) is 24.4 Å². The molecular formula is C17H20N5O2P. The fourth-order valence-corrected chi connectivity index (χ4v) is 4.13. The van der Waals surface area contributed by atoms with Crippen LogP contribution in [0, 0.1) is 5.92 Å². The van der Waals surface area contributed by atoms with Gasteiger partial charge < -0.3 is 9.44 Å². The van der Waals surface area contributed by atoms with Crippen molar-refractivity contribution in [3.63, 3.8) is 0 Å². The molecule has 0 aliphatic heterocycles. The number of aliphatic carboxylic acids is 1. The van der Waals surface area contributed by atoms with E-state index in [2.05, 4.69) is 24.5 Å². The van der Waals surface area contributed by atoms with E-state index in [0.29, 0.717) is 5.92 Å². The van der Waals surface area contributed by atoms with Crippen LogP contribution in [-0.4, -0.2) is 35.2 Å². The highest BCUT2D eigenvalue weighted by atomic mass is 31.0. The van der Waals surface area contributed by atoms with E-state index >= 15 is 0 Å². The summed E-state index contributed by atoms with van der Waals surface area (Å²) in [4.78, 5) is 20.0. The predicted molar refractivity (Wildman–Crippen MR) is 97.1 cm³/mol. The lowest BCUT2D eigenvalue weighted by Gasteiger charge is -2.22. The van der Waals surface area contributed by atoms with Gasteiger partial charge in [0.1, 0.15) is 12.0 Å². The Balaban J connectivity index is 1.71. The summed E-state index contributed by atoms with van der Waals surface area (Å²) >= 11 is 0. The first-order valence-electron chi connectivity index (χ1n) is 8.47. The molecule has 0 spiro atoms. The molecule has 130 valence electrons. The Morgan fingerprint density at radius 2 is 2.16 bits per heavy atom. The molecule has 7 nitrogen and oxygen atoms in total. The van der Waals surface area contributed by atoms with E-state index in [4.69, 9.17) is 0 Å². The lowest BCUT2D eigenvalue weighted by atomic mass is 9.95. The molecular weight excluding hydrogens is 337 g/mol. The average Bonchev–Trinajstić information content (AvgIpc) is 3.34. The van der Waals surface area contributed by atoms with E-state index in [1.165, 1.54) is 12.8 Å². The minimum Gasteiger partial charge on any atom is -0.481 e. The normalized spacial score (nSPS) is 16.5. The Morgan fingerprint density at radius 3 is 2.92 bits per heavy atom. The van der Waals surface area contributed by atoms with Crippen LogP contribution in [0.2, 0.25) is 0 Å². The van der Waals surface area contributed by atoms with Gasteiger partial charge in [-0.15, -0.1) is 0 Å². The topological polar surface area (TPSA) is 85.8 Å². The molecule has 3 aromatic heterocycles. The lowest BCUT2D eigenvalue weighted by Crippen LogP contribution is -2.21. The van der Waals surface area contributed by atoms with Gasteiger partial charge in [0, 0.05) is 23.3 Å². The van der Waals surface area contributed by atoms with Crippen LogP contribution < -0.4 is 0 Å². The van der Waals surface area contributed by atoms with Crippen LogP contribution in [0.5, 0.6) is 0 Å². The zero-order valence-electron chi connectivity index (χ0n) is 13.7. The van der Waals surface area contributed by atoms with E-state index in [-0.39, 0.29) is 12.5 Å². The summed E-state index contributed by atoms with van der Waals surface area (Å²) in [5.41, 5.74) is 2.54. The van der Waals surface area contributed by atoms with Crippen molar-refractivity contribution in [3.8, 4) is 11.3 Å². The summed E-state index contributed by atoms with van der Waals surface area (Å²) in [7, 11) is 2.60. The molecule has 25 heavy (non-hydrogen) atoms. The number of carbonyl (C=O) groups is 1. The van der Waals surface area contributed by atoms with E-state index in [9.17, 15) is 9.90 Å². The van der Waals surface area contributed by atoms with E-state index in [1.54, 1.807) is 12.5 Å². The highest BCUT2D eigenvalue weighted by molar-refractivity contribution is 7.14. The van der Waals surface area contributed by atoms with Crippen molar-refractivity contribution in [2.75, 3.05) is 0 Å². The number of rotatable bonds is 5. The van der Waals surface area contributed by atoms with Crippen LogP contribution in [0.4, 0.5) is 0 Å². The van der Waals surface area contributed by atoms with Crippen molar-refractivity contribution >= 4 is 26.4 Å². The molecule has 1 aliphatic carbocycles. The lowest BCUT2D eigenvalue weighted by molar-refractivity contribution is -0.138. The highest BCUT2D eigenvalue weighted by Gasteiger charge is 2.29. The molecule has 1 fully saturated rings. The van der Waals surface area contributed by atoms with Crippen molar-refractivity contribution in [2.45, 2.75) is 38.1 Å². The summed E-state index contributed by atoms with van der Waals surface area (Å²) < 4.78 is 3.70. The molecule has 2 unspecified atom stereocenters. The van der Waals surface area contributed by atoms with E-state index < -0.39 is 5.97 Å². The van der Waals surface area contributed by atoms with Crippen molar-refractivity contribution in [1.82, 2.24) is 24.1 Å². The molecule has 0 saturated heterocycles. The Bertz CT molecular complexity index is 913. The number of fused-ring (bicyclic) bond motifs is 1. The van der Waals surface area contributed by atoms with Crippen LogP contribution >= 0.6 is 9.39 Å². The maximum atomic E-state index is 11.3. The zero-order chi connectivity index (χ0) is 17.4. The third kappa shape index (κ3) is 3.04. The highest BCUT2D eigenvalue weighted by Crippen LogP contribution is 2.37. The average molecular weight is 357 g/mol. The molecule has 1 aliphatic rings.